The van der Waals surface area contributed by atoms with Gasteiger partial charge in [-0.1, -0.05) is 13.8 Å². The second kappa shape index (κ2) is 10.4. The van der Waals surface area contributed by atoms with Crippen molar-refractivity contribution in [2.75, 3.05) is 51.2 Å². The van der Waals surface area contributed by atoms with E-state index < -0.39 is 0 Å². The molecule has 0 spiro atoms. The second-order valence-electron chi connectivity index (χ2n) is 9.13. The topological polar surface area (TPSA) is 99.7 Å². The predicted octanol–water partition coefficient (Wildman–Crippen LogP) is 4.03. The number of hydrogen-bond donors (Lipinski definition) is 2. The van der Waals surface area contributed by atoms with Crippen LogP contribution in [-0.2, 0) is 6.54 Å². The van der Waals surface area contributed by atoms with Gasteiger partial charge < -0.3 is 30.2 Å². The van der Waals surface area contributed by atoms with Crippen LogP contribution >= 0.6 is 0 Å². The Kier molecular flexibility index (Phi) is 7.31. The molecule has 3 heterocycles. The van der Waals surface area contributed by atoms with Crippen molar-refractivity contribution in [3.05, 3.63) is 24.3 Å². The first-order chi connectivity index (χ1) is 16.5. The molecule has 2 aromatic heterocycles. The van der Waals surface area contributed by atoms with Crippen LogP contribution in [0.25, 0.3) is 11.2 Å². The zero-order chi connectivity index (χ0) is 24.2. The zero-order valence-corrected chi connectivity index (χ0v) is 20.8. The molecular weight excluding hydrogens is 432 g/mol. The minimum absolute atomic E-state index is 0.545. The standard InChI is InChI=1S/C25H36N6O3/c1-16-11-17(2)15-30(14-16)22-8-7-19-24(29-22)31(10-6-9-26)25(28-19)27-18-12-20(32-3)23(34-5)21(13-18)33-4/h7-8,12-13,16-17H,6,9-11,14-15,26H2,1-5H3,(H,27,28). The fourth-order valence-corrected chi connectivity index (χ4v) is 4.86. The number of aryl methyl sites for hydroxylation is 1. The molecule has 0 radical (unpaired) electrons. The third-order valence-electron chi connectivity index (χ3n) is 6.28. The van der Waals surface area contributed by atoms with Crippen molar-refractivity contribution in [3.63, 3.8) is 0 Å². The van der Waals surface area contributed by atoms with Crippen LogP contribution in [0.3, 0.4) is 0 Å². The first-order valence-corrected chi connectivity index (χ1v) is 11.9. The van der Waals surface area contributed by atoms with E-state index in [0.717, 1.165) is 42.2 Å². The number of piperidine rings is 1. The van der Waals surface area contributed by atoms with Crippen LogP contribution in [-0.4, -0.2) is 55.5 Å². The SMILES string of the molecule is COc1cc(Nc2nc3ccc(N4CC(C)CC(C)C4)nc3n2CCCN)cc(OC)c1OC. The van der Waals surface area contributed by atoms with Crippen molar-refractivity contribution >= 4 is 28.6 Å². The Balaban J connectivity index is 1.73. The van der Waals surface area contributed by atoms with Gasteiger partial charge in [-0.25, -0.2) is 9.97 Å². The smallest absolute Gasteiger partial charge is 0.209 e. The number of hydrogen-bond acceptors (Lipinski definition) is 8. The first-order valence-electron chi connectivity index (χ1n) is 11.9. The predicted molar refractivity (Wildman–Crippen MR) is 136 cm³/mol. The molecule has 3 N–H and O–H groups in total. The van der Waals surface area contributed by atoms with Gasteiger partial charge in [-0.3, -0.25) is 4.57 Å². The first kappa shape index (κ1) is 23.9. The summed E-state index contributed by atoms with van der Waals surface area (Å²) in [6.45, 7) is 7.97. The van der Waals surface area contributed by atoms with Crippen LogP contribution in [0.5, 0.6) is 17.2 Å². The van der Waals surface area contributed by atoms with E-state index in [0.29, 0.717) is 48.1 Å². The lowest BCUT2D eigenvalue weighted by Crippen LogP contribution is -2.39. The number of nitrogens with two attached hydrogens (primary N) is 1. The third-order valence-corrected chi connectivity index (χ3v) is 6.28. The molecule has 2 atom stereocenters. The van der Waals surface area contributed by atoms with Gasteiger partial charge in [-0.05, 0) is 43.4 Å². The summed E-state index contributed by atoms with van der Waals surface area (Å²) in [7, 11) is 4.80. The summed E-state index contributed by atoms with van der Waals surface area (Å²) in [5, 5.41) is 3.43. The molecule has 1 aliphatic rings. The molecular formula is C25H36N6O3. The molecule has 34 heavy (non-hydrogen) atoms. The minimum atomic E-state index is 0.545. The molecule has 3 aromatic rings. The summed E-state index contributed by atoms with van der Waals surface area (Å²) in [4.78, 5) is 12.3. The molecule has 1 aromatic carbocycles. The van der Waals surface area contributed by atoms with Crippen LogP contribution in [0.15, 0.2) is 24.3 Å². The fraction of sp³-hybridized carbons (Fsp3) is 0.520. The molecule has 184 valence electrons. The highest BCUT2D eigenvalue weighted by molar-refractivity contribution is 5.78. The highest BCUT2D eigenvalue weighted by atomic mass is 16.5. The normalized spacial score (nSPS) is 18.2. The minimum Gasteiger partial charge on any atom is -0.493 e. The molecule has 1 fully saturated rings. The lowest BCUT2D eigenvalue weighted by molar-refractivity contribution is 0.324. The molecule has 0 amide bonds. The highest BCUT2D eigenvalue weighted by Gasteiger charge is 2.24. The Morgan fingerprint density at radius 3 is 2.26 bits per heavy atom. The summed E-state index contributed by atoms with van der Waals surface area (Å²) < 4.78 is 18.6. The van der Waals surface area contributed by atoms with Gasteiger partial charge in [0.05, 0.1) is 21.3 Å². The number of nitrogens with zero attached hydrogens (tertiary/aromatic N) is 4. The zero-order valence-electron chi connectivity index (χ0n) is 20.8. The maximum atomic E-state index is 5.85. The van der Waals surface area contributed by atoms with Crippen LogP contribution in [0.1, 0.15) is 26.7 Å². The van der Waals surface area contributed by atoms with Gasteiger partial charge in [0.2, 0.25) is 11.7 Å². The molecule has 9 nitrogen and oxygen atoms in total. The van der Waals surface area contributed by atoms with Gasteiger partial charge in [0, 0.05) is 37.5 Å². The van der Waals surface area contributed by atoms with E-state index in [1.165, 1.54) is 6.42 Å². The van der Waals surface area contributed by atoms with Crippen molar-refractivity contribution in [1.82, 2.24) is 14.5 Å². The van der Waals surface area contributed by atoms with Gasteiger partial charge in [0.1, 0.15) is 11.3 Å². The summed E-state index contributed by atoms with van der Waals surface area (Å²) in [5.41, 5.74) is 8.32. The molecule has 1 aliphatic heterocycles. The van der Waals surface area contributed by atoms with E-state index in [1.54, 1.807) is 21.3 Å². The lowest BCUT2D eigenvalue weighted by atomic mass is 9.92. The van der Waals surface area contributed by atoms with Crippen molar-refractivity contribution in [1.29, 1.82) is 0 Å². The number of pyridine rings is 1. The molecule has 2 unspecified atom stereocenters. The van der Waals surface area contributed by atoms with Gasteiger partial charge in [0.15, 0.2) is 17.1 Å². The largest absolute Gasteiger partial charge is 0.493 e. The number of imidazole rings is 1. The van der Waals surface area contributed by atoms with Crippen molar-refractivity contribution in [2.45, 2.75) is 33.2 Å². The monoisotopic (exact) mass is 468 g/mol. The number of anilines is 3. The van der Waals surface area contributed by atoms with Gasteiger partial charge in [-0.2, -0.15) is 0 Å². The second-order valence-corrected chi connectivity index (χ2v) is 9.13. The van der Waals surface area contributed by atoms with Crippen molar-refractivity contribution in [3.8, 4) is 17.2 Å². The number of methoxy groups -OCH3 is 3. The third kappa shape index (κ3) is 4.84. The molecule has 0 saturated carbocycles. The Morgan fingerprint density at radius 2 is 1.68 bits per heavy atom. The highest BCUT2D eigenvalue weighted by Crippen LogP contribution is 2.40. The average molecular weight is 469 g/mol. The molecule has 9 heteroatoms. The van der Waals surface area contributed by atoms with Crippen LogP contribution in [0.4, 0.5) is 17.5 Å². The molecule has 0 bridgehead atoms. The number of nitrogens with one attached hydrogen (secondary N) is 1. The van der Waals surface area contributed by atoms with E-state index in [4.69, 9.17) is 29.9 Å². The van der Waals surface area contributed by atoms with Crippen LogP contribution in [0.2, 0.25) is 0 Å². The number of ether oxygens (including phenoxy) is 3. The van der Waals surface area contributed by atoms with Crippen molar-refractivity contribution < 1.29 is 14.2 Å². The van der Waals surface area contributed by atoms with Gasteiger partial charge >= 0.3 is 0 Å². The van der Waals surface area contributed by atoms with E-state index in [9.17, 15) is 0 Å². The number of aromatic nitrogens is 3. The maximum absolute atomic E-state index is 5.85. The molecule has 0 aliphatic carbocycles. The summed E-state index contributed by atoms with van der Waals surface area (Å²) in [6.07, 6.45) is 2.08. The van der Waals surface area contributed by atoms with E-state index >= 15 is 0 Å². The maximum Gasteiger partial charge on any atom is 0.209 e. The molecule has 4 rings (SSSR count). The average Bonchev–Trinajstić information content (AvgIpc) is 3.17. The Labute approximate surface area is 201 Å². The molecule has 1 saturated heterocycles. The number of rotatable bonds is 9. The van der Waals surface area contributed by atoms with E-state index in [2.05, 4.69) is 40.8 Å². The Hall–Kier alpha value is -3.20. The number of fused-ring (bicyclic) bond motifs is 1. The summed E-state index contributed by atoms with van der Waals surface area (Å²) in [6, 6.07) is 7.87. The van der Waals surface area contributed by atoms with Gasteiger partial charge in [-0.15, -0.1) is 0 Å². The summed E-state index contributed by atoms with van der Waals surface area (Å²) in [5.74, 6) is 4.69. The fourth-order valence-electron chi connectivity index (χ4n) is 4.86. The van der Waals surface area contributed by atoms with E-state index in [-0.39, 0.29) is 0 Å². The lowest BCUT2D eigenvalue weighted by Gasteiger charge is -2.35. The number of benzene rings is 1. The van der Waals surface area contributed by atoms with Crippen LogP contribution in [0, 0.1) is 11.8 Å². The Morgan fingerprint density at radius 1 is 1.00 bits per heavy atom. The van der Waals surface area contributed by atoms with Crippen molar-refractivity contribution in [2.24, 2.45) is 17.6 Å². The van der Waals surface area contributed by atoms with E-state index in [1.807, 2.05) is 12.1 Å². The Bertz CT molecular complexity index is 1100. The quantitative estimate of drug-likeness (QED) is 0.486. The van der Waals surface area contributed by atoms with Crippen LogP contribution < -0.4 is 30.2 Å². The van der Waals surface area contributed by atoms with Gasteiger partial charge in [0.25, 0.3) is 0 Å². The summed E-state index contributed by atoms with van der Waals surface area (Å²) >= 11 is 0.